The zero-order chi connectivity index (χ0) is 19.5. The molecule has 1 heterocycles. The van der Waals surface area contributed by atoms with Crippen LogP contribution in [0.25, 0.3) is 6.08 Å². The van der Waals surface area contributed by atoms with Crippen molar-refractivity contribution in [2.24, 2.45) is 0 Å². The summed E-state index contributed by atoms with van der Waals surface area (Å²) < 4.78 is 10.3. The van der Waals surface area contributed by atoms with Crippen molar-refractivity contribution in [1.82, 2.24) is 9.80 Å². The second-order valence-corrected chi connectivity index (χ2v) is 6.58. The molecule has 0 bridgehead atoms. The third kappa shape index (κ3) is 7.93. The standard InChI is InChI=1S/C21H30N2O4/c1-3-27-21(25)10-11-23(13-12-22-14-16-26-17-15-22)20(24)9-8-19-6-4-18(2)5-7-19/h4-9H,3,10-17H2,1-2H3/b9-8+. The molecular formula is C21H30N2O4. The maximum atomic E-state index is 12.7. The lowest BCUT2D eigenvalue weighted by molar-refractivity contribution is -0.143. The minimum atomic E-state index is -0.274. The van der Waals surface area contributed by atoms with E-state index >= 15 is 0 Å². The molecule has 27 heavy (non-hydrogen) atoms. The van der Waals surface area contributed by atoms with Crippen molar-refractivity contribution in [3.05, 3.63) is 41.5 Å². The summed E-state index contributed by atoms with van der Waals surface area (Å²) >= 11 is 0. The van der Waals surface area contributed by atoms with Crippen LogP contribution in [0.2, 0.25) is 0 Å². The van der Waals surface area contributed by atoms with Crippen LogP contribution in [0.1, 0.15) is 24.5 Å². The summed E-state index contributed by atoms with van der Waals surface area (Å²) in [7, 11) is 0. The first-order valence-electron chi connectivity index (χ1n) is 9.58. The van der Waals surface area contributed by atoms with Crippen LogP contribution in [0, 0.1) is 6.92 Å². The van der Waals surface area contributed by atoms with Crippen LogP contribution in [-0.4, -0.2) is 74.2 Å². The summed E-state index contributed by atoms with van der Waals surface area (Å²) in [6.45, 7) is 9.08. The normalized spacial score (nSPS) is 15.0. The Bertz CT molecular complexity index is 622. The van der Waals surface area contributed by atoms with Crippen LogP contribution in [0.15, 0.2) is 30.3 Å². The van der Waals surface area contributed by atoms with Gasteiger partial charge >= 0.3 is 5.97 Å². The number of nitrogens with zero attached hydrogens (tertiary/aromatic N) is 2. The van der Waals surface area contributed by atoms with Gasteiger partial charge in [0.2, 0.25) is 5.91 Å². The Labute approximate surface area is 161 Å². The third-order valence-electron chi connectivity index (χ3n) is 4.49. The minimum Gasteiger partial charge on any atom is -0.466 e. The zero-order valence-electron chi connectivity index (χ0n) is 16.4. The number of morpholine rings is 1. The van der Waals surface area contributed by atoms with Crippen LogP contribution in [0.3, 0.4) is 0 Å². The first kappa shape index (κ1) is 21.1. The molecule has 1 amide bonds. The fourth-order valence-corrected chi connectivity index (χ4v) is 2.83. The quantitative estimate of drug-likeness (QED) is 0.489. The highest BCUT2D eigenvalue weighted by atomic mass is 16.5. The molecule has 0 N–H and O–H groups in total. The van der Waals surface area contributed by atoms with Crippen molar-refractivity contribution in [2.75, 3.05) is 52.5 Å². The van der Waals surface area contributed by atoms with Gasteiger partial charge in [0.05, 0.1) is 26.2 Å². The van der Waals surface area contributed by atoms with Gasteiger partial charge in [0, 0.05) is 38.8 Å². The number of hydrogen-bond donors (Lipinski definition) is 0. The Balaban J connectivity index is 1.94. The summed E-state index contributed by atoms with van der Waals surface area (Å²) in [5.41, 5.74) is 2.16. The summed E-state index contributed by atoms with van der Waals surface area (Å²) in [5, 5.41) is 0. The van der Waals surface area contributed by atoms with E-state index in [-0.39, 0.29) is 18.3 Å². The monoisotopic (exact) mass is 374 g/mol. The fraction of sp³-hybridized carbons (Fsp3) is 0.524. The van der Waals surface area contributed by atoms with Crippen LogP contribution < -0.4 is 0 Å². The van der Waals surface area contributed by atoms with Gasteiger partial charge in [-0.25, -0.2) is 0 Å². The average molecular weight is 374 g/mol. The lowest BCUT2D eigenvalue weighted by atomic mass is 10.1. The van der Waals surface area contributed by atoms with E-state index in [0.29, 0.717) is 19.7 Å². The van der Waals surface area contributed by atoms with Crippen molar-refractivity contribution in [3.63, 3.8) is 0 Å². The van der Waals surface area contributed by atoms with E-state index in [2.05, 4.69) is 4.90 Å². The second-order valence-electron chi connectivity index (χ2n) is 6.58. The van der Waals surface area contributed by atoms with E-state index in [1.807, 2.05) is 37.3 Å². The number of amides is 1. The molecule has 0 aliphatic carbocycles. The number of ether oxygens (including phenoxy) is 2. The highest BCUT2D eigenvalue weighted by molar-refractivity contribution is 5.92. The number of hydrogen-bond acceptors (Lipinski definition) is 5. The molecule has 0 spiro atoms. The van der Waals surface area contributed by atoms with Gasteiger partial charge in [0.1, 0.15) is 0 Å². The Hall–Kier alpha value is -2.18. The van der Waals surface area contributed by atoms with Crippen molar-refractivity contribution >= 4 is 18.0 Å². The first-order valence-corrected chi connectivity index (χ1v) is 9.58. The summed E-state index contributed by atoms with van der Waals surface area (Å²) in [6.07, 6.45) is 3.60. The third-order valence-corrected chi connectivity index (χ3v) is 4.49. The van der Waals surface area contributed by atoms with Gasteiger partial charge in [-0.15, -0.1) is 0 Å². The van der Waals surface area contributed by atoms with E-state index in [9.17, 15) is 9.59 Å². The predicted molar refractivity (Wildman–Crippen MR) is 105 cm³/mol. The SMILES string of the molecule is CCOC(=O)CCN(CCN1CCOCC1)C(=O)/C=C/c1ccc(C)cc1. The Morgan fingerprint density at radius 3 is 2.56 bits per heavy atom. The lowest BCUT2D eigenvalue weighted by Crippen LogP contribution is -2.43. The molecule has 1 aromatic rings. The molecule has 6 nitrogen and oxygen atoms in total. The molecule has 0 aromatic heterocycles. The van der Waals surface area contributed by atoms with Crippen LogP contribution in [0.5, 0.6) is 0 Å². The maximum absolute atomic E-state index is 12.7. The number of benzene rings is 1. The van der Waals surface area contributed by atoms with Gasteiger partial charge in [0.25, 0.3) is 0 Å². The van der Waals surface area contributed by atoms with Gasteiger partial charge in [-0.1, -0.05) is 29.8 Å². The van der Waals surface area contributed by atoms with Crippen molar-refractivity contribution < 1.29 is 19.1 Å². The van der Waals surface area contributed by atoms with E-state index < -0.39 is 0 Å². The summed E-state index contributed by atoms with van der Waals surface area (Å²) in [6, 6.07) is 7.99. The topological polar surface area (TPSA) is 59.1 Å². The maximum Gasteiger partial charge on any atom is 0.307 e. The van der Waals surface area contributed by atoms with Crippen LogP contribution >= 0.6 is 0 Å². The minimum absolute atomic E-state index is 0.0897. The Kier molecular flexibility index (Phi) is 9.01. The fourth-order valence-electron chi connectivity index (χ4n) is 2.83. The zero-order valence-corrected chi connectivity index (χ0v) is 16.4. The smallest absolute Gasteiger partial charge is 0.307 e. The number of carbonyl (C=O) groups excluding carboxylic acids is 2. The molecule has 0 saturated carbocycles. The van der Waals surface area contributed by atoms with Crippen LogP contribution in [0.4, 0.5) is 0 Å². The highest BCUT2D eigenvalue weighted by Gasteiger charge is 2.16. The van der Waals surface area contributed by atoms with E-state index in [0.717, 1.165) is 38.4 Å². The number of esters is 1. The van der Waals surface area contributed by atoms with Gasteiger partial charge in [-0.3, -0.25) is 14.5 Å². The Morgan fingerprint density at radius 2 is 1.89 bits per heavy atom. The second kappa shape index (κ2) is 11.5. The molecule has 2 rings (SSSR count). The van der Waals surface area contributed by atoms with Crippen LogP contribution in [-0.2, 0) is 19.1 Å². The molecule has 1 fully saturated rings. The molecule has 0 atom stereocenters. The average Bonchev–Trinajstić information content (AvgIpc) is 2.68. The molecule has 0 unspecified atom stereocenters. The Morgan fingerprint density at radius 1 is 1.19 bits per heavy atom. The van der Waals surface area contributed by atoms with Crippen molar-refractivity contribution in [1.29, 1.82) is 0 Å². The molecule has 0 radical (unpaired) electrons. The van der Waals surface area contributed by atoms with Crippen molar-refractivity contribution in [2.45, 2.75) is 20.3 Å². The first-order chi connectivity index (χ1) is 13.1. The van der Waals surface area contributed by atoms with E-state index in [1.165, 1.54) is 5.56 Å². The van der Waals surface area contributed by atoms with Crippen molar-refractivity contribution in [3.8, 4) is 0 Å². The van der Waals surface area contributed by atoms with Gasteiger partial charge in [-0.2, -0.15) is 0 Å². The number of rotatable bonds is 9. The number of carbonyl (C=O) groups is 2. The molecule has 1 aliphatic rings. The summed E-state index contributed by atoms with van der Waals surface area (Å²) in [4.78, 5) is 28.3. The van der Waals surface area contributed by atoms with Gasteiger partial charge in [0.15, 0.2) is 0 Å². The molecule has 1 aromatic carbocycles. The predicted octanol–water partition coefficient (Wildman–Crippen LogP) is 2.12. The summed E-state index contributed by atoms with van der Waals surface area (Å²) in [5.74, 6) is -0.364. The highest BCUT2D eigenvalue weighted by Crippen LogP contribution is 2.07. The van der Waals surface area contributed by atoms with E-state index in [4.69, 9.17) is 9.47 Å². The van der Waals surface area contributed by atoms with Gasteiger partial charge in [-0.05, 0) is 25.5 Å². The molecule has 148 valence electrons. The van der Waals surface area contributed by atoms with E-state index in [1.54, 1.807) is 17.9 Å². The van der Waals surface area contributed by atoms with Gasteiger partial charge < -0.3 is 14.4 Å². The largest absolute Gasteiger partial charge is 0.466 e. The lowest BCUT2D eigenvalue weighted by Gasteiger charge is -2.29. The molecule has 6 heteroatoms. The molecule has 1 saturated heterocycles. The molecular weight excluding hydrogens is 344 g/mol. The number of aryl methyl sites for hydroxylation is 1. The molecule has 1 aliphatic heterocycles.